The van der Waals surface area contributed by atoms with Gasteiger partial charge in [-0.2, -0.15) is 0 Å². The second kappa shape index (κ2) is 14.0. The minimum atomic E-state index is 1.06. The van der Waals surface area contributed by atoms with E-state index in [2.05, 4.69) is 72.3 Å². The lowest BCUT2D eigenvalue weighted by molar-refractivity contribution is 1.41. The molecule has 4 aromatic carbocycles. The van der Waals surface area contributed by atoms with Crippen molar-refractivity contribution in [3.63, 3.8) is 0 Å². The van der Waals surface area contributed by atoms with Crippen molar-refractivity contribution in [3.05, 3.63) is 157 Å². The van der Waals surface area contributed by atoms with Gasteiger partial charge in [0, 0.05) is 23.2 Å². The number of nitrogens with zero attached hydrogens (tertiary/aromatic N) is 2. The summed E-state index contributed by atoms with van der Waals surface area (Å²) in [5.74, 6) is 0. The molecule has 2 nitrogen and oxygen atoms in total. The highest BCUT2D eigenvalue weighted by atomic mass is 14.6. The van der Waals surface area contributed by atoms with Crippen LogP contribution in [0.3, 0.4) is 0 Å². The zero-order valence-corrected chi connectivity index (χ0v) is 19.8. The number of fused-ring (bicyclic) bond motifs is 2. The molecule has 0 fully saturated rings. The number of aryl methyl sites for hydroxylation is 2. The molecule has 0 saturated heterocycles. The quantitative estimate of drug-likeness (QED) is 0.236. The summed E-state index contributed by atoms with van der Waals surface area (Å²) in [6, 6.07) is 44.7. The monoisotopic (exact) mass is 442 g/mol. The third-order valence-electron chi connectivity index (χ3n) is 4.91. The first-order valence-corrected chi connectivity index (χ1v) is 11.4. The lowest BCUT2D eigenvalue weighted by atomic mass is 10.2. The van der Waals surface area contributed by atoms with Gasteiger partial charge in [-0.15, -0.1) is 0 Å². The Labute approximate surface area is 202 Å². The zero-order chi connectivity index (χ0) is 23.8. The summed E-state index contributed by atoms with van der Waals surface area (Å²) in [7, 11) is 0. The van der Waals surface area contributed by atoms with E-state index in [0.717, 1.165) is 11.0 Å². The first-order valence-electron chi connectivity index (χ1n) is 11.4. The van der Waals surface area contributed by atoms with Crippen LogP contribution in [0.4, 0.5) is 0 Å². The van der Waals surface area contributed by atoms with E-state index in [9.17, 15) is 0 Å². The molecule has 0 aliphatic heterocycles. The van der Waals surface area contributed by atoms with Gasteiger partial charge in [0.15, 0.2) is 0 Å². The summed E-state index contributed by atoms with van der Waals surface area (Å²) >= 11 is 0. The first-order chi connectivity index (χ1) is 16.7. The molecule has 2 heteroatoms. The Balaban J connectivity index is 0.000000129. The van der Waals surface area contributed by atoms with E-state index in [4.69, 9.17) is 0 Å². The maximum absolute atomic E-state index is 4.18. The van der Waals surface area contributed by atoms with E-state index in [1.165, 1.54) is 21.9 Å². The molecule has 0 aliphatic rings. The zero-order valence-electron chi connectivity index (χ0n) is 19.8. The lowest BCUT2D eigenvalue weighted by Gasteiger charge is -1.91. The molecule has 0 atom stereocenters. The van der Waals surface area contributed by atoms with Crippen molar-refractivity contribution in [2.75, 3.05) is 0 Å². The molecular weight excluding hydrogens is 412 g/mol. The van der Waals surface area contributed by atoms with E-state index < -0.39 is 0 Å². The molecule has 168 valence electrons. The van der Waals surface area contributed by atoms with Gasteiger partial charge in [-0.3, -0.25) is 9.97 Å². The SMILES string of the molecule is Cc1ccccc1.Cc1ccccc1.c1ccc2ncccc2c1.c1ccc2ncccc2c1. The van der Waals surface area contributed by atoms with Crippen LogP contribution in [0, 0.1) is 13.8 Å². The van der Waals surface area contributed by atoms with Crippen LogP contribution >= 0.6 is 0 Å². The predicted molar refractivity (Wildman–Crippen MR) is 146 cm³/mol. The van der Waals surface area contributed by atoms with Gasteiger partial charge in [-0.1, -0.05) is 120 Å². The van der Waals surface area contributed by atoms with Crippen molar-refractivity contribution < 1.29 is 0 Å². The first kappa shape index (κ1) is 24.3. The summed E-state index contributed by atoms with van der Waals surface area (Å²) in [6.07, 6.45) is 3.62. The van der Waals surface area contributed by atoms with Crippen LogP contribution in [-0.2, 0) is 0 Å². The topological polar surface area (TPSA) is 25.8 Å². The maximum atomic E-state index is 4.18. The second-order valence-electron chi connectivity index (χ2n) is 7.70. The Morgan fingerprint density at radius 2 is 0.676 bits per heavy atom. The molecule has 34 heavy (non-hydrogen) atoms. The number of para-hydroxylation sites is 2. The largest absolute Gasteiger partial charge is 0.256 e. The van der Waals surface area contributed by atoms with Crippen molar-refractivity contribution in [2.45, 2.75) is 13.8 Å². The number of hydrogen-bond acceptors (Lipinski definition) is 2. The molecule has 0 N–H and O–H groups in total. The van der Waals surface area contributed by atoms with Crippen LogP contribution in [0.15, 0.2) is 146 Å². The van der Waals surface area contributed by atoms with Gasteiger partial charge in [0.25, 0.3) is 0 Å². The van der Waals surface area contributed by atoms with Crippen molar-refractivity contribution >= 4 is 21.8 Å². The molecule has 6 aromatic rings. The molecule has 0 spiro atoms. The fraction of sp³-hybridized carbons (Fsp3) is 0.0625. The normalized spacial score (nSPS) is 9.47. The van der Waals surface area contributed by atoms with Gasteiger partial charge in [0.2, 0.25) is 0 Å². The predicted octanol–water partition coefficient (Wildman–Crippen LogP) is 8.46. The van der Waals surface area contributed by atoms with Crippen LogP contribution in [0.25, 0.3) is 21.8 Å². The molecule has 0 unspecified atom stereocenters. The number of benzene rings is 4. The lowest BCUT2D eigenvalue weighted by Crippen LogP contribution is -1.73. The third kappa shape index (κ3) is 8.68. The molecule has 6 rings (SSSR count). The summed E-state index contributed by atoms with van der Waals surface area (Å²) in [6.45, 7) is 4.17. The van der Waals surface area contributed by atoms with Crippen molar-refractivity contribution in [2.24, 2.45) is 0 Å². The average molecular weight is 443 g/mol. The van der Waals surface area contributed by atoms with Crippen LogP contribution in [-0.4, -0.2) is 9.97 Å². The van der Waals surface area contributed by atoms with E-state index in [1.807, 2.05) is 97.3 Å². The molecule has 0 aliphatic carbocycles. The van der Waals surface area contributed by atoms with Crippen LogP contribution < -0.4 is 0 Å². The fourth-order valence-electron chi connectivity index (χ4n) is 3.10. The van der Waals surface area contributed by atoms with Crippen LogP contribution in [0.2, 0.25) is 0 Å². The van der Waals surface area contributed by atoms with Gasteiger partial charge in [0.1, 0.15) is 0 Å². The van der Waals surface area contributed by atoms with Gasteiger partial charge in [-0.25, -0.2) is 0 Å². The third-order valence-corrected chi connectivity index (χ3v) is 4.91. The summed E-state index contributed by atoms with van der Waals surface area (Å²) in [5, 5.41) is 2.40. The molecule has 2 heterocycles. The highest BCUT2D eigenvalue weighted by Crippen LogP contribution is 2.08. The molecule has 0 radical (unpaired) electrons. The highest BCUT2D eigenvalue weighted by Gasteiger charge is 1.87. The minimum Gasteiger partial charge on any atom is -0.256 e. The van der Waals surface area contributed by atoms with Gasteiger partial charge in [0.05, 0.1) is 11.0 Å². The van der Waals surface area contributed by atoms with Gasteiger partial charge in [-0.05, 0) is 38.1 Å². The fourth-order valence-corrected chi connectivity index (χ4v) is 3.10. The summed E-state index contributed by atoms with van der Waals surface area (Å²) in [4.78, 5) is 8.36. The Morgan fingerprint density at radius 3 is 1.00 bits per heavy atom. The molecule has 2 aromatic heterocycles. The van der Waals surface area contributed by atoms with Crippen LogP contribution in [0.1, 0.15) is 11.1 Å². The van der Waals surface area contributed by atoms with Gasteiger partial charge >= 0.3 is 0 Å². The molecular formula is C32H30N2. The van der Waals surface area contributed by atoms with Crippen LogP contribution in [0.5, 0.6) is 0 Å². The van der Waals surface area contributed by atoms with Crippen molar-refractivity contribution in [3.8, 4) is 0 Å². The Hall–Kier alpha value is -4.30. The van der Waals surface area contributed by atoms with Crippen molar-refractivity contribution in [1.82, 2.24) is 9.97 Å². The van der Waals surface area contributed by atoms with E-state index in [-0.39, 0.29) is 0 Å². The number of hydrogen-bond donors (Lipinski definition) is 0. The number of pyridine rings is 2. The molecule has 0 amide bonds. The Morgan fingerprint density at radius 1 is 0.353 bits per heavy atom. The van der Waals surface area contributed by atoms with E-state index in [1.54, 1.807) is 0 Å². The standard InChI is InChI=1S/2C9H7N.2C7H8/c2*1-2-6-9-8(4-1)5-3-7-10-9;2*1-7-5-3-2-4-6-7/h2*1-7H;2*2-6H,1H3. The smallest absolute Gasteiger partial charge is 0.0701 e. The molecule has 0 bridgehead atoms. The molecule has 0 saturated carbocycles. The van der Waals surface area contributed by atoms with E-state index in [0.29, 0.717) is 0 Å². The van der Waals surface area contributed by atoms with Crippen molar-refractivity contribution in [1.29, 1.82) is 0 Å². The average Bonchev–Trinajstić information content (AvgIpc) is 2.91. The summed E-state index contributed by atoms with van der Waals surface area (Å²) < 4.78 is 0. The van der Waals surface area contributed by atoms with E-state index >= 15 is 0 Å². The number of aromatic nitrogens is 2. The number of rotatable bonds is 0. The highest BCUT2D eigenvalue weighted by molar-refractivity contribution is 5.78. The maximum Gasteiger partial charge on any atom is 0.0701 e. The second-order valence-corrected chi connectivity index (χ2v) is 7.70. The van der Waals surface area contributed by atoms with Gasteiger partial charge < -0.3 is 0 Å². The minimum absolute atomic E-state index is 1.06. The summed E-state index contributed by atoms with van der Waals surface area (Å²) in [5.41, 5.74) is 4.76. The Bertz CT molecular complexity index is 1120. The Kier molecular flexibility index (Phi) is 10.0.